The van der Waals surface area contributed by atoms with Gasteiger partial charge in [-0.1, -0.05) is 36.4 Å². The molecule has 1 fully saturated rings. The maximum Gasteiger partial charge on any atom is 0.416 e. The second-order valence-electron chi connectivity index (χ2n) is 7.99. The number of likely N-dealkylation sites (tertiary alicyclic amines) is 1. The number of benzene rings is 2. The molecule has 1 aliphatic heterocycles. The summed E-state index contributed by atoms with van der Waals surface area (Å²) in [6, 6.07) is 17.2. The molecule has 0 radical (unpaired) electrons. The number of nitrogens with zero attached hydrogens (tertiary/aromatic N) is 2. The highest BCUT2D eigenvalue weighted by molar-refractivity contribution is 5.95. The first kappa shape index (κ1) is 22.5. The van der Waals surface area contributed by atoms with Crippen LogP contribution in [0.3, 0.4) is 0 Å². The van der Waals surface area contributed by atoms with Crippen molar-refractivity contribution in [1.29, 1.82) is 0 Å². The maximum atomic E-state index is 13.3. The summed E-state index contributed by atoms with van der Waals surface area (Å²) in [7, 11) is 0. The van der Waals surface area contributed by atoms with Crippen LogP contribution in [0.25, 0.3) is 0 Å². The molecule has 2 aromatic carbocycles. The van der Waals surface area contributed by atoms with E-state index in [1.807, 2.05) is 0 Å². The van der Waals surface area contributed by atoms with Gasteiger partial charge in [-0.15, -0.1) is 0 Å². The van der Waals surface area contributed by atoms with Gasteiger partial charge in [0.05, 0.1) is 11.5 Å². The van der Waals surface area contributed by atoms with Crippen LogP contribution >= 0.6 is 0 Å². The molecule has 2 heterocycles. The zero-order chi connectivity index (χ0) is 23.4. The number of halogens is 3. The molecule has 5 nitrogen and oxygen atoms in total. The number of nitrogens with one attached hydrogen (secondary N) is 1. The molecule has 1 N–H and O–H groups in total. The SMILES string of the molecule is O=C(NCc1ccncc1)C1CN(C(=O)c2ccccc2)CC1c1cccc(C(F)(F)F)c1. The molecule has 0 bridgehead atoms. The number of pyridine rings is 1. The summed E-state index contributed by atoms with van der Waals surface area (Å²) in [6.45, 7) is 0.541. The first-order chi connectivity index (χ1) is 15.8. The van der Waals surface area contributed by atoms with E-state index in [-0.39, 0.29) is 31.4 Å². The minimum absolute atomic E-state index is 0.122. The first-order valence-electron chi connectivity index (χ1n) is 10.5. The zero-order valence-electron chi connectivity index (χ0n) is 17.6. The van der Waals surface area contributed by atoms with Gasteiger partial charge in [0, 0.05) is 43.5 Å². The molecule has 0 saturated carbocycles. The monoisotopic (exact) mass is 453 g/mol. The van der Waals surface area contributed by atoms with Crippen molar-refractivity contribution in [2.24, 2.45) is 5.92 Å². The van der Waals surface area contributed by atoms with Gasteiger partial charge in [0.1, 0.15) is 0 Å². The number of hydrogen-bond acceptors (Lipinski definition) is 3. The fraction of sp³-hybridized carbons (Fsp3) is 0.240. The van der Waals surface area contributed by atoms with Crippen molar-refractivity contribution in [2.45, 2.75) is 18.6 Å². The molecule has 4 rings (SSSR count). The van der Waals surface area contributed by atoms with Crippen molar-refractivity contribution in [2.75, 3.05) is 13.1 Å². The minimum atomic E-state index is -4.49. The lowest BCUT2D eigenvalue weighted by atomic mass is 9.87. The number of aromatic nitrogens is 1. The highest BCUT2D eigenvalue weighted by Gasteiger charge is 2.41. The van der Waals surface area contributed by atoms with E-state index in [4.69, 9.17) is 0 Å². The van der Waals surface area contributed by atoms with E-state index in [1.165, 1.54) is 11.0 Å². The fourth-order valence-electron chi connectivity index (χ4n) is 4.10. The summed E-state index contributed by atoms with van der Waals surface area (Å²) >= 11 is 0. The van der Waals surface area contributed by atoms with Crippen LogP contribution in [-0.2, 0) is 17.5 Å². The van der Waals surface area contributed by atoms with Gasteiger partial charge < -0.3 is 10.2 Å². The maximum absolute atomic E-state index is 13.3. The zero-order valence-corrected chi connectivity index (χ0v) is 17.6. The Morgan fingerprint density at radius 1 is 0.970 bits per heavy atom. The Hall–Kier alpha value is -3.68. The predicted octanol–water partition coefficient (Wildman–Crippen LogP) is 4.27. The summed E-state index contributed by atoms with van der Waals surface area (Å²) < 4.78 is 39.9. The molecular formula is C25H22F3N3O2. The van der Waals surface area contributed by atoms with Crippen molar-refractivity contribution in [3.05, 3.63) is 101 Å². The van der Waals surface area contributed by atoms with E-state index in [2.05, 4.69) is 10.3 Å². The normalized spacial score (nSPS) is 18.2. The summed E-state index contributed by atoms with van der Waals surface area (Å²) in [6.07, 6.45) is -1.27. The predicted molar refractivity (Wildman–Crippen MR) is 116 cm³/mol. The van der Waals surface area contributed by atoms with E-state index in [0.29, 0.717) is 11.1 Å². The fourth-order valence-corrected chi connectivity index (χ4v) is 4.10. The number of carbonyl (C=O) groups is 2. The molecule has 1 saturated heterocycles. The van der Waals surface area contributed by atoms with Crippen LogP contribution in [-0.4, -0.2) is 34.8 Å². The van der Waals surface area contributed by atoms with Crippen LogP contribution in [0, 0.1) is 5.92 Å². The van der Waals surface area contributed by atoms with E-state index < -0.39 is 23.6 Å². The van der Waals surface area contributed by atoms with Gasteiger partial charge in [-0.25, -0.2) is 0 Å². The van der Waals surface area contributed by atoms with Gasteiger partial charge >= 0.3 is 6.18 Å². The van der Waals surface area contributed by atoms with Gasteiger partial charge in [-0.2, -0.15) is 13.2 Å². The van der Waals surface area contributed by atoms with Crippen molar-refractivity contribution in [3.8, 4) is 0 Å². The molecule has 1 aliphatic rings. The smallest absolute Gasteiger partial charge is 0.352 e. The summed E-state index contributed by atoms with van der Waals surface area (Å²) in [5.41, 5.74) is 0.934. The Bertz CT molecular complexity index is 1120. The summed E-state index contributed by atoms with van der Waals surface area (Å²) in [5.74, 6) is -1.80. The molecular weight excluding hydrogens is 431 g/mol. The topological polar surface area (TPSA) is 62.3 Å². The van der Waals surface area contributed by atoms with E-state index in [0.717, 1.165) is 17.7 Å². The second-order valence-corrected chi connectivity index (χ2v) is 7.99. The lowest BCUT2D eigenvalue weighted by Gasteiger charge is -2.19. The Kier molecular flexibility index (Phi) is 6.44. The van der Waals surface area contributed by atoms with Crippen LogP contribution in [0.1, 0.15) is 33.0 Å². The first-order valence-corrected chi connectivity index (χ1v) is 10.5. The number of amides is 2. The van der Waals surface area contributed by atoms with Crippen molar-refractivity contribution < 1.29 is 22.8 Å². The lowest BCUT2D eigenvalue weighted by molar-refractivity contribution is -0.137. The third kappa shape index (κ3) is 5.22. The van der Waals surface area contributed by atoms with Crippen LogP contribution < -0.4 is 5.32 Å². The molecule has 8 heteroatoms. The van der Waals surface area contributed by atoms with E-state index >= 15 is 0 Å². The molecule has 33 heavy (non-hydrogen) atoms. The van der Waals surface area contributed by atoms with Crippen molar-refractivity contribution in [3.63, 3.8) is 0 Å². The summed E-state index contributed by atoms with van der Waals surface area (Å²) in [5, 5.41) is 2.86. The van der Waals surface area contributed by atoms with Crippen molar-refractivity contribution in [1.82, 2.24) is 15.2 Å². The Balaban J connectivity index is 1.59. The average molecular weight is 453 g/mol. The lowest BCUT2D eigenvalue weighted by Crippen LogP contribution is -2.35. The largest absolute Gasteiger partial charge is 0.416 e. The van der Waals surface area contributed by atoms with Gasteiger partial charge in [0.25, 0.3) is 5.91 Å². The van der Waals surface area contributed by atoms with E-state index in [9.17, 15) is 22.8 Å². The van der Waals surface area contributed by atoms with Gasteiger partial charge in [-0.05, 0) is 41.5 Å². The highest BCUT2D eigenvalue weighted by atomic mass is 19.4. The van der Waals surface area contributed by atoms with Crippen LogP contribution in [0.15, 0.2) is 79.1 Å². The molecule has 2 unspecified atom stereocenters. The minimum Gasteiger partial charge on any atom is -0.352 e. The molecule has 170 valence electrons. The quantitative estimate of drug-likeness (QED) is 0.628. The Labute approximate surface area is 189 Å². The number of rotatable bonds is 5. The highest BCUT2D eigenvalue weighted by Crippen LogP contribution is 2.37. The third-order valence-corrected chi connectivity index (χ3v) is 5.82. The van der Waals surface area contributed by atoms with E-state index in [1.54, 1.807) is 60.9 Å². The average Bonchev–Trinajstić information content (AvgIpc) is 3.28. The molecule has 0 aliphatic carbocycles. The number of alkyl halides is 3. The molecule has 2 amide bonds. The molecule has 2 atom stereocenters. The number of carbonyl (C=O) groups excluding carboxylic acids is 2. The van der Waals surface area contributed by atoms with Crippen LogP contribution in [0.5, 0.6) is 0 Å². The Morgan fingerprint density at radius 2 is 1.70 bits per heavy atom. The van der Waals surface area contributed by atoms with Crippen LogP contribution in [0.4, 0.5) is 13.2 Å². The molecule has 3 aromatic rings. The standard InChI is InChI=1S/C25H22F3N3O2/c26-25(27,28)20-8-4-7-19(13-20)21-15-31(24(33)18-5-2-1-3-6-18)16-22(21)23(32)30-14-17-9-11-29-12-10-17/h1-13,21-22H,14-16H2,(H,30,32). The van der Waals surface area contributed by atoms with Gasteiger partial charge in [0.15, 0.2) is 0 Å². The summed E-state index contributed by atoms with van der Waals surface area (Å²) in [4.78, 5) is 31.6. The molecule has 0 spiro atoms. The number of hydrogen-bond donors (Lipinski definition) is 1. The third-order valence-electron chi connectivity index (χ3n) is 5.82. The van der Waals surface area contributed by atoms with Crippen molar-refractivity contribution >= 4 is 11.8 Å². The van der Waals surface area contributed by atoms with Gasteiger partial charge in [-0.3, -0.25) is 14.6 Å². The Morgan fingerprint density at radius 3 is 2.39 bits per heavy atom. The second kappa shape index (κ2) is 9.44. The van der Waals surface area contributed by atoms with Crippen LogP contribution in [0.2, 0.25) is 0 Å². The van der Waals surface area contributed by atoms with Gasteiger partial charge in [0.2, 0.25) is 5.91 Å². The molecule has 1 aromatic heterocycles.